The average molecular weight is 432 g/mol. The molecule has 2 aromatic rings. The highest BCUT2D eigenvalue weighted by Gasteiger charge is 2.45. The number of benzene rings is 2. The summed E-state index contributed by atoms with van der Waals surface area (Å²) < 4.78 is 0. The minimum atomic E-state index is 0.0190. The van der Waals surface area contributed by atoms with Gasteiger partial charge in [0.15, 0.2) is 0 Å². The van der Waals surface area contributed by atoms with Crippen LogP contribution in [0.5, 0.6) is 0 Å². The van der Waals surface area contributed by atoms with Crippen molar-refractivity contribution in [2.45, 2.75) is 57.7 Å². The van der Waals surface area contributed by atoms with E-state index >= 15 is 0 Å². The van der Waals surface area contributed by atoms with E-state index in [0.717, 1.165) is 49.9 Å². The van der Waals surface area contributed by atoms with E-state index in [-0.39, 0.29) is 30.0 Å². The fourth-order valence-corrected chi connectivity index (χ4v) is 5.98. The van der Waals surface area contributed by atoms with Crippen molar-refractivity contribution in [3.8, 4) is 0 Å². The van der Waals surface area contributed by atoms with Gasteiger partial charge in [0.05, 0.1) is 18.0 Å². The number of rotatable bonds is 4. The van der Waals surface area contributed by atoms with Gasteiger partial charge in [0, 0.05) is 24.7 Å². The van der Waals surface area contributed by atoms with Crippen LogP contribution in [0.1, 0.15) is 72.2 Å². The van der Waals surface area contributed by atoms with Gasteiger partial charge in [-0.2, -0.15) is 0 Å². The SMILES string of the molecule is CCN(C(=O)c1ccc2c(c1)CCN1C(=O)[C@@H]3CCCN[C@@H]3C[C@H]21)[C@H](C)c1ccccc1. The Bertz CT molecular complexity index is 1010. The molecule has 1 N–H and O–H groups in total. The van der Waals surface area contributed by atoms with Crippen LogP contribution in [0.25, 0.3) is 0 Å². The lowest BCUT2D eigenvalue weighted by atomic mass is 9.77. The second-order valence-electron chi connectivity index (χ2n) is 9.43. The van der Waals surface area contributed by atoms with E-state index < -0.39 is 0 Å². The zero-order chi connectivity index (χ0) is 22.2. The summed E-state index contributed by atoms with van der Waals surface area (Å²) >= 11 is 0. The molecule has 3 heterocycles. The van der Waals surface area contributed by atoms with Crippen molar-refractivity contribution >= 4 is 11.8 Å². The second kappa shape index (κ2) is 8.70. The van der Waals surface area contributed by atoms with Crippen LogP contribution in [0.3, 0.4) is 0 Å². The summed E-state index contributed by atoms with van der Waals surface area (Å²) in [5.74, 6) is 0.529. The minimum absolute atomic E-state index is 0.0190. The second-order valence-corrected chi connectivity index (χ2v) is 9.43. The molecule has 3 aliphatic heterocycles. The predicted octanol–water partition coefficient (Wildman–Crippen LogP) is 4.11. The van der Waals surface area contributed by atoms with Crippen LogP contribution < -0.4 is 5.32 Å². The maximum atomic E-state index is 13.5. The average Bonchev–Trinajstić information content (AvgIpc) is 2.84. The van der Waals surface area contributed by atoms with E-state index in [1.54, 1.807) is 0 Å². The third kappa shape index (κ3) is 3.62. The number of nitrogens with zero attached hydrogens (tertiary/aromatic N) is 2. The summed E-state index contributed by atoms with van der Waals surface area (Å²) in [6.45, 7) is 6.55. The number of carbonyl (C=O) groups is 2. The lowest BCUT2D eigenvalue weighted by Crippen LogP contribution is -2.57. The molecule has 0 radical (unpaired) electrons. The van der Waals surface area contributed by atoms with E-state index in [1.165, 1.54) is 11.1 Å². The molecule has 0 saturated carbocycles. The molecule has 0 aliphatic carbocycles. The highest BCUT2D eigenvalue weighted by atomic mass is 16.2. The first-order valence-corrected chi connectivity index (χ1v) is 12.1. The molecule has 0 bridgehead atoms. The molecule has 5 heteroatoms. The Morgan fingerprint density at radius 3 is 2.81 bits per heavy atom. The van der Waals surface area contributed by atoms with Gasteiger partial charge in [0.25, 0.3) is 5.91 Å². The summed E-state index contributed by atoms with van der Waals surface area (Å²) in [6.07, 6.45) is 3.89. The molecule has 5 rings (SSSR count). The Morgan fingerprint density at radius 2 is 2.03 bits per heavy atom. The zero-order valence-corrected chi connectivity index (χ0v) is 19.1. The monoisotopic (exact) mass is 431 g/mol. The molecule has 0 spiro atoms. The zero-order valence-electron chi connectivity index (χ0n) is 19.1. The smallest absolute Gasteiger partial charge is 0.254 e. The Kier molecular flexibility index (Phi) is 5.76. The molecular weight excluding hydrogens is 398 g/mol. The number of hydrogen-bond donors (Lipinski definition) is 1. The van der Waals surface area contributed by atoms with Gasteiger partial charge < -0.3 is 15.1 Å². The van der Waals surface area contributed by atoms with Crippen LogP contribution in [0, 0.1) is 5.92 Å². The maximum absolute atomic E-state index is 13.5. The first-order valence-electron chi connectivity index (χ1n) is 12.1. The first-order chi connectivity index (χ1) is 15.6. The van der Waals surface area contributed by atoms with Crippen LogP contribution in [0.2, 0.25) is 0 Å². The molecule has 2 amide bonds. The maximum Gasteiger partial charge on any atom is 0.254 e. The van der Waals surface area contributed by atoms with Crippen LogP contribution in [0.4, 0.5) is 0 Å². The Morgan fingerprint density at radius 1 is 1.22 bits per heavy atom. The number of carbonyl (C=O) groups excluding carboxylic acids is 2. The summed E-state index contributed by atoms with van der Waals surface area (Å²) in [5, 5.41) is 3.59. The third-order valence-corrected chi connectivity index (χ3v) is 7.76. The predicted molar refractivity (Wildman–Crippen MR) is 125 cm³/mol. The van der Waals surface area contributed by atoms with Gasteiger partial charge in [0.1, 0.15) is 0 Å². The van der Waals surface area contributed by atoms with Crippen molar-refractivity contribution in [3.05, 3.63) is 70.8 Å². The van der Waals surface area contributed by atoms with Crippen LogP contribution in [-0.4, -0.2) is 47.3 Å². The van der Waals surface area contributed by atoms with Crippen molar-refractivity contribution in [2.24, 2.45) is 5.92 Å². The van der Waals surface area contributed by atoms with E-state index in [9.17, 15) is 9.59 Å². The molecule has 2 aromatic carbocycles. The molecule has 5 nitrogen and oxygen atoms in total. The van der Waals surface area contributed by atoms with E-state index in [2.05, 4.69) is 41.4 Å². The Hall–Kier alpha value is -2.66. The first kappa shape index (κ1) is 21.2. The van der Waals surface area contributed by atoms with Gasteiger partial charge in [0.2, 0.25) is 5.91 Å². The largest absolute Gasteiger partial charge is 0.335 e. The standard InChI is InChI=1S/C27H33N3O2/c1-3-29(18(2)19-8-5-4-6-9-19)26(31)21-11-12-22-20(16-21)13-15-30-25(22)17-24-23(27(30)32)10-7-14-28-24/h4-6,8-9,11-12,16,18,23-25,28H,3,7,10,13-15,17H2,1-2H3/t18-,23-,24-,25-/m1/s1. The van der Waals surface area contributed by atoms with E-state index in [1.807, 2.05) is 36.1 Å². The molecule has 4 atom stereocenters. The summed E-state index contributed by atoms with van der Waals surface area (Å²) in [6, 6.07) is 16.8. The van der Waals surface area contributed by atoms with Gasteiger partial charge in [-0.15, -0.1) is 0 Å². The quantitative estimate of drug-likeness (QED) is 0.793. The lowest BCUT2D eigenvalue weighted by molar-refractivity contribution is -0.145. The summed E-state index contributed by atoms with van der Waals surface area (Å²) in [5.41, 5.74) is 4.35. The summed E-state index contributed by atoms with van der Waals surface area (Å²) in [4.78, 5) is 30.6. The molecule has 0 unspecified atom stereocenters. The number of nitrogens with one attached hydrogen (secondary N) is 1. The third-order valence-electron chi connectivity index (χ3n) is 7.76. The topological polar surface area (TPSA) is 52.7 Å². The molecule has 2 fully saturated rings. The highest BCUT2D eigenvalue weighted by Crippen LogP contribution is 2.41. The fraction of sp³-hybridized carbons (Fsp3) is 0.481. The number of fused-ring (bicyclic) bond motifs is 4. The van der Waals surface area contributed by atoms with Crippen molar-refractivity contribution in [3.63, 3.8) is 0 Å². The van der Waals surface area contributed by atoms with Crippen molar-refractivity contribution in [1.29, 1.82) is 0 Å². The van der Waals surface area contributed by atoms with Crippen LogP contribution in [-0.2, 0) is 11.2 Å². The number of hydrogen-bond acceptors (Lipinski definition) is 3. The molecular formula is C27H33N3O2. The van der Waals surface area contributed by atoms with Crippen LogP contribution >= 0.6 is 0 Å². The highest BCUT2D eigenvalue weighted by molar-refractivity contribution is 5.95. The normalized spacial score (nSPS) is 25.4. The van der Waals surface area contributed by atoms with E-state index in [4.69, 9.17) is 0 Å². The number of piperidine rings is 2. The molecule has 0 aromatic heterocycles. The molecule has 32 heavy (non-hydrogen) atoms. The van der Waals surface area contributed by atoms with Crippen molar-refractivity contribution in [2.75, 3.05) is 19.6 Å². The van der Waals surface area contributed by atoms with Gasteiger partial charge in [-0.05, 0) is 74.9 Å². The van der Waals surface area contributed by atoms with Gasteiger partial charge in [-0.3, -0.25) is 9.59 Å². The van der Waals surface area contributed by atoms with Crippen molar-refractivity contribution in [1.82, 2.24) is 15.1 Å². The molecule has 3 aliphatic rings. The van der Waals surface area contributed by atoms with Gasteiger partial charge >= 0.3 is 0 Å². The minimum Gasteiger partial charge on any atom is -0.335 e. The van der Waals surface area contributed by atoms with Gasteiger partial charge in [-0.25, -0.2) is 0 Å². The van der Waals surface area contributed by atoms with E-state index in [0.29, 0.717) is 12.5 Å². The summed E-state index contributed by atoms with van der Waals surface area (Å²) in [7, 11) is 0. The molecule has 168 valence electrons. The van der Waals surface area contributed by atoms with Gasteiger partial charge in [-0.1, -0.05) is 36.4 Å². The fourth-order valence-electron chi connectivity index (χ4n) is 5.98. The number of amides is 2. The Balaban J connectivity index is 1.39. The van der Waals surface area contributed by atoms with Crippen LogP contribution in [0.15, 0.2) is 48.5 Å². The Labute approximate surface area is 190 Å². The molecule has 2 saturated heterocycles. The van der Waals surface area contributed by atoms with Crippen molar-refractivity contribution < 1.29 is 9.59 Å². The lowest BCUT2D eigenvalue weighted by Gasteiger charge is -2.48.